The van der Waals surface area contributed by atoms with E-state index in [1.165, 1.54) is 6.33 Å². The molecule has 0 saturated carbocycles. The van der Waals surface area contributed by atoms with Crippen molar-refractivity contribution >= 4 is 23.1 Å². The molecule has 0 radical (unpaired) electrons. The van der Waals surface area contributed by atoms with Gasteiger partial charge in [0.15, 0.2) is 0 Å². The number of aryl methyl sites for hydroxylation is 2. The first kappa shape index (κ1) is 19.4. The number of anilines is 3. The average Bonchev–Trinajstić information content (AvgIpc) is 2.69. The van der Waals surface area contributed by atoms with Gasteiger partial charge in [-0.1, -0.05) is 19.1 Å². The minimum atomic E-state index is -0.175. The van der Waals surface area contributed by atoms with E-state index in [0.717, 1.165) is 29.1 Å². The minimum Gasteiger partial charge on any atom is -0.494 e. The van der Waals surface area contributed by atoms with Crippen LogP contribution in [0.5, 0.6) is 5.75 Å². The standard InChI is InChI=1S/C22H24N4O2/c1-4-16-9-10-18(25-21-11-15(3)23-14-24-21)13-20(16)26-22(27)17-7-6-8-19(12-17)28-5-2/h6-14H,4-5H2,1-3H3,(H,26,27)(H,23,24,25). The number of ether oxygens (including phenoxy) is 1. The Kier molecular flexibility index (Phi) is 6.22. The van der Waals surface area contributed by atoms with Crippen molar-refractivity contribution in [1.29, 1.82) is 0 Å². The molecule has 0 unspecified atom stereocenters. The molecule has 3 rings (SSSR count). The molecule has 1 amide bonds. The van der Waals surface area contributed by atoms with Gasteiger partial charge in [-0.2, -0.15) is 0 Å². The van der Waals surface area contributed by atoms with Crippen molar-refractivity contribution < 1.29 is 9.53 Å². The van der Waals surface area contributed by atoms with E-state index in [-0.39, 0.29) is 5.91 Å². The molecule has 144 valence electrons. The largest absolute Gasteiger partial charge is 0.494 e. The van der Waals surface area contributed by atoms with Crippen LogP contribution in [0, 0.1) is 6.92 Å². The molecule has 0 bridgehead atoms. The van der Waals surface area contributed by atoms with Crippen molar-refractivity contribution in [2.24, 2.45) is 0 Å². The molecular weight excluding hydrogens is 352 g/mol. The molecule has 6 heteroatoms. The van der Waals surface area contributed by atoms with Gasteiger partial charge in [-0.25, -0.2) is 9.97 Å². The van der Waals surface area contributed by atoms with Gasteiger partial charge in [0.25, 0.3) is 5.91 Å². The fraction of sp³-hybridized carbons (Fsp3) is 0.227. The smallest absolute Gasteiger partial charge is 0.255 e. The molecule has 0 saturated heterocycles. The first-order valence-corrected chi connectivity index (χ1v) is 9.32. The Balaban J connectivity index is 1.82. The number of aromatic nitrogens is 2. The van der Waals surface area contributed by atoms with Crippen LogP contribution >= 0.6 is 0 Å². The third-order valence-corrected chi connectivity index (χ3v) is 4.22. The predicted molar refractivity (Wildman–Crippen MR) is 111 cm³/mol. The van der Waals surface area contributed by atoms with Crippen LogP contribution in [0.3, 0.4) is 0 Å². The van der Waals surface area contributed by atoms with E-state index < -0.39 is 0 Å². The SMILES string of the molecule is CCOc1cccc(C(=O)Nc2cc(Nc3cc(C)ncn3)ccc2CC)c1. The summed E-state index contributed by atoms with van der Waals surface area (Å²) in [6.45, 7) is 6.44. The average molecular weight is 376 g/mol. The van der Waals surface area contributed by atoms with E-state index in [9.17, 15) is 4.79 Å². The second-order valence-electron chi connectivity index (χ2n) is 6.31. The summed E-state index contributed by atoms with van der Waals surface area (Å²) < 4.78 is 5.48. The van der Waals surface area contributed by atoms with E-state index in [1.54, 1.807) is 12.1 Å². The molecule has 0 aliphatic heterocycles. The number of nitrogens with one attached hydrogen (secondary N) is 2. The van der Waals surface area contributed by atoms with Gasteiger partial charge in [-0.05, 0) is 56.2 Å². The summed E-state index contributed by atoms with van der Waals surface area (Å²) in [5, 5.41) is 6.27. The van der Waals surface area contributed by atoms with E-state index in [0.29, 0.717) is 23.7 Å². The molecule has 28 heavy (non-hydrogen) atoms. The predicted octanol–water partition coefficient (Wildman–Crippen LogP) is 4.74. The van der Waals surface area contributed by atoms with Crippen molar-refractivity contribution in [3.8, 4) is 5.75 Å². The summed E-state index contributed by atoms with van der Waals surface area (Å²) in [5.41, 5.74) is 4.10. The van der Waals surface area contributed by atoms with Crippen molar-refractivity contribution in [2.45, 2.75) is 27.2 Å². The van der Waals surface area contributed by atoms with Crippen LogP contribution in [-0.2, 0) is 6.42 Å². The van der Waals surface area contributed by atoms with E-state index in [1.807, 2.05) is 50.2 Å². The van der Waals surface area contributed by atoms with Gasteiger partial charge >= 0.3 is 0 Å². The molecule has 3 aromatic rings. The molecular formula is C22H24N4O2. The number of amides is 1. The Hall–Kier alpha value is -3.41. The van der Waals surface area contributed by atoms with Crippen LogP contribution < -0.4 is 15.4 Å². The lowest BCUT2D eigenvalue weighted by atomic mass is 10.1. The molecule has 0 aliphatic carbocycles. The number of carbonyl (C=O) groups excluding carboxylic acids is 1. The Morgan fingerprint density at radius 2 is 1.93 bits per heavy atom. The van der Waals surface area contributed by atoms with Crippen LogP contribution in [0.25, 0.3) is 0 Å². The summed E-state index contributed by atoms with van der Waals surface area (Å²) in [7, 11) is 0. The fourth-order valence-electron chi connectivity index (χ4n) is 2.84. The summed E-state index contributed by atoms with van der Waals surface area (Å²) >= 11 is 0. The summed E-state index contributed by atoms with van der Waals surface area (Å²) in [5.74, 6) is 1.21. The Morgan fingerprint density at radius 3 is 2.68 bits per heavy atom. The summed E-state index contributed by atoms with van der Waals surface area (Å²) in [6, 6.07) is 14.9. The maximum atomic E-state index is 12.7. The number of hydrogen-bond donors (Lipinski definition) is 2. The number of rotatable bonds is 7. The molecule has 0 fully saturated rings. The highest BCUT2D eigenvalue weighted by atomic mass is 16.5. The number of benzene rings is 2. The minimum absolute atomic E-state index is 0.175. The second-order valence-corrected chi connectivity index (χ2v) is 6.31. The van der Waals surface area contributed by atoms with E-state index >= 15 is 0 Å². The van der Waals surface area contributed by atoms with E-state index in [2.05, 4.69) is 27.5 Å². The van der Waals surface area contributed by atoms with Crippen LogP contribution in [-0.4, -0.2) is 22.5 Å². The third kappa shape index (κ3) is 4.85. The maximum absolute atomic E-state index is 12.7. The molecule has 1 aromatic heterocycles. The van der Waals surface area contributed by atoms with Crippen molar-refractivity contribution in [3.05, 3.63) is 71.7 Å². The van der Waals surface area contributed by atoms with E-state index in [4.69, 9.17) is 4.74 Å². The lowest BCUT2D eigenvalue weighted by Gasteiger charge is -2.14. The molecule has 0 atom stereocenters. The molecule has 0 aliphatic rings. The van der Waals surface area contributed by atoms with Gasteiger partial charge in [-0.3, -0.25) is 4.79 Å². The Labute approximate surface area is 165 Å². The zero-order chi connectivity index (χ0) is 19.9. The first-order valence-electron chi connectivity index (χ1n) is 9.32. The normalized spacial score (nSPS) is 10.4. The Bertz CT molecular complexity index is 972. The summed E-state index contributed by atoms with van der Waals surface area (Å²) in [6.07, 6.45) is 2.33. The van der Waals surface area contributed by atoms with Crippen LogP contribution in [0.15, 0.2) is 54.9 Å². The van der Waals surface area contributed by atoms with Crippen molar-refractivity contribution in [2.75, 3.05) is 17.2 Å². The molecule has 2 aromatic carbocycles. The highest BCUT2D eigenvalue weighted by molar-refractivity contribution is 6.05. The van der Waals surface area contributed by atoms with Crippen molar-refractivity contribution in [1.82, 2.24) is 9.97 Å². The van der Waals surface area contributed by atoms with Gasteiger partial charge in [0.05, 0.1) is 6.61 Å². The van der Waals surface area contributed by atoms with Gasteiger partial charge < -0.3 is 15.4 Å². The zero-order valence-corrected chi connectivity index (χ0v) is 16.3. The molecule has 2 N–H and O–H groups in total. The zero-order valence-electron chi connectivity index (χ0n) is 16.3. The highest BCUT2D eigenvalue weighted by Crippen LogP contribution is 2.25. The Morgan fingerprint density at radius 1 is 1.07 bits per heavy atom. The van der Waals surface area contributed by atoms with Crippen molar-refractivity contribution in [3.63, 3.8) is 0 Å². The molecule has 0 spiro atoms. The highest BCUT2D eigenvalue weighted by Gasteiger charge is 2.11. The van der Waals surface area contributed by atoms with Crippen LogP contribution in [0.1, 0.15) is 35.5 Å². The second kappa shape index (κ2) is 8.99. The van der Waals surface area contributed by atoms with Gasteiger partial charge in [0.2, 0.25) is 0 Å². The molecule has 1 heterocycles. The van der Waals surface area contributed by atoms with Gasteiger partial charge in [-0.15, -0.1) is 0 Å². The first-order chi connectivity index (χ1) is 13.6. The number of carbonyl (C=O) groups is 1. The maximum Gasteiger partial charge on any atom is 0.255 e. The lowest BCUT2D eigenvalue weighted by Crippen LogP contribution is -2.13. The monoisotopic (exact) mass is 376 g/mol. The fourth-order valence-corrected chi connectivity index (χ4v) is 2.84. The van der Waals surface area contributed by atoms with Crippen LogP contribution in [0.4, 0.5) is 17.2 Å². The topological polar surface area (TPSA) is 76.1 Å². The van der Waals surface area contributed by atoms with Gasteiger partial charge in [0.1, 0.15) is 17.9 Å². The third-order valence-electron chi connectivity index (χ3n) is 4.22. The molecule has 6 nitrogen and oxygen atoms in total. The quantitative estimate of drug-likeness (QED) is 0.623. The number of hydrogen-bond acceptors (Lipinski definition) is 5. The number of nitrogens with zero attached hydrogens (tertiary/aromatic N) is 2. The summed E-state index contributed by atoms with van der Waals surface area (Å²) in [4.78, 5) is 21.1. The van der Waals surface area contributed by atoms with Crippen LogP contribution in [0.2, 0.25) is 0 Å². The lowest BCUT2D eigenvalue weighted by molar-refractivity contribution is 0.102. The van der Waals surface area contributed by atoms with Gasteiger partial charge in [0, 0.05) is 28.7 Å².